The molecule has 0 fully saturated rings. The second-order valence-electron chi connectivity index (χ2n) is 8.33. The average Bonchev–Trinajstić information content (AvgIpc) is 2.90. The van der Waals surface area contributed by atoms with Crippen molar-refractivity contribution in [3.05, 3.63) is 123 Å². The highest BCUT2D eigenvalue weighted by Crippen LogP contribution is 2.35. The van der Waals surface area contributed by atoms with Gasteiger partial charge in [-0.2, -0.15) is 0 Å². The summed E-state index contributed by atoms with van der Waals surface area (Å²) >= 11 is -2.74. The van der Waals surface area contributed by atoms with Crippen LogP contribution in [0, 0.1) is 17.0 Å². The van der Waals surface area contributed by atoms with Crippen molar-refractivity contribution in [2.75, 3.05) is 11.4 Å². The Morgan fingerprint density at radius 3 is 2.24 bits per heavy atom. The Balaban J connectivity index is 1.71. The molecule has 1 unspecified atom stereocenters. The van der Waals surface area contributed by atoms with Gasteiger partial charge in [0.2, 0.25) is 0 Å². The molecule has 4 aromatic carbocycles. The van der Waals surface area contributed by atoms with Crippen LogP contribution in [0.3, 0.4) is 0 Å². The molecule has 0 aromatic heterocycles. The number of nitro groups is 1. The minimum Gasteiger partial charge on any atom is -0.755 e. The number of aryl methyl sites for hydroxylation is 1. The zero-order chi connectivity index (χ0) is 27.2. The molecule has 0 radical (unpaired) electrons. The second kappa shape index (κ2) is 11.7. The number of benzene rings is 4. The Kier molecular flexibility index (Phi) is 8.15. The molecule has 0 aliphatic carbocycles. The number of nitrogens with zero attached hydrogens (tertiary/aromatic N) is 2. The average molecular weight is 532 g/mol. The van der Waals surface area contributed by atoms with E-state index in [1.807, 2.05) is 37.3 Å². The molecular weight excluding hydrogens is 508 g/mol. The summed E-state index contributed by atoms with van der Waals surface area (Å²) in [5.74, 6) is -0.233. The van der Waals surface area contributed by atoms with Gasteiger partial charge in [-0.05, 0) is 55.0 Å². The topological polar surface area (TPSA) is 122 Å². The van der Waals surface area contributed by atoms with E-state index in [-0.39, 0.29) is 22.7 Å². The molecule has 10 heteroatoms. The van der Waals surface area contributed by atoms with E-state index in [1.54, 1.807) is 30.3 Å². The minimum absolute atomic E-state index is 0.0406. The number of carbonyl (C=O) groups is 1. The molecule has 0 saturated carbocycles. The predicted molar refractivity (Wildman–Crippen MR) is 142 cm³/mol. The van der Waals surface area contributed by atoms with Crippen LogP contribution in [0.5, 0.6) is 11.5 Å². The van der Waals surface area contributed by atoms with Crippen molar-refractivity contribution in [1.29, 1.82) is 0 Å². The Bertz CT molecular complexity index is 1490. The van der Waals surface area contributed by atoms with E-state index in [0.717, 1.165) is 15.4 Å². The molecule has 0 amide bonds. The quantitative estimate of drug-likeness (QED) is 0.112. The van der Waals surface area contributed by atoms with Crippen LogP contribution < -0.4 is 9.04 Å². The van der Waals surface area contributed by atoms with E-state index in [2.05, 4.69) is 0 Å². The number of ether oxygens (including phenoxy) is 2. The fourth-order valence-electron chi connectivity index (χ4n) is 3.91. The molecule has 4 aromatic rings. The zero-order valence-corrected chi connectivity index (χ0v) is 21.3. The highest BCUT2D eigenvalue weighted by atomic mass is 32.2. The highest BCUT2D eigenvalue weighted by molar-refractivity contribution is 7.81. The molecule has 0 aliphatic heterocycles. The van der Waals surface area contributed by atoms with Crippen LogP contribution in [0.1, 0.15) is 27.0 Å². The molecule has 4 rings (SSSR count). The molecule has 0 heterocycles. The standard InChI is InChI=1S/C28H24N2O7S/c1-19-8-10-22(11-9-19)29(38(34)35)27-15-13-24(18-25(27)28(31)36-2)37-23-12-14-26(30(32)33)21(17-23)16-20-6-4-3-5-7-20/h3-15,17-18H,16H2,1-2H3,(H,34,35)/p-1. The van der Waals surface area contributed by atoms with E-state index < -0.39 is 22.2 Å². The molecule has 0 bridgehead atoms. The maximum absolute atomic E-state index is 12.6. The Morgan fingerprint density at radius 1 is 0.947 bits per heavy atom. The van der Waals surface area contributed by atoms with E-state index in [1.165, 1.54) is 37.4 Å². The van der Waals surface area contributed by atoms with Crippen LogP contribution in [0.25, 0.3) is 0 Å². The third kappa shape index (κ3) is 6.05. The van der Waals surface area contributed by atoms with Crippen LogP contribution in [-0.2, 0) is 22.4 Å². The number of anilines is 2. The monoisotopic (exact) mass is 531 g/mol. The smallest absolute Gasteiger partial charge is 0.340 e. The lowest BCUT2D eigenvalue weighted by Crippen LogP contribution is -2.22. The highest BCUT2D eigenvalue weighted by Gasteiger charge is 2.22. The first kappa shape index (κ1) is 26.5. The third-order valence-electron chi connectivity index (χ3n) is 5.73. The van der Waals surface area contributed by atoms with E-state index in [0.29, 0.717) is 23.4 Å². The molecule has 0 spiro atoms. The van der Waals surface area contributed by atoms with Crippen molar-refractivity contribution in [2.24, 2.45) is 0 Å². The Labute approximate surface area is 221 Å². The number of esters is 1. The van der Waals surface area contributed by atoms with Crippen molar-refractivity contribution in [3.8, 4) is 11.5 Å². The van der Waals surface area contributed by atoms with Crippen LogP contribution in [0.4, 0.5) is 17.1 Å². The fraction of sp³-hybridized carbons (Fsp3) is 0.107. The van der Waals surface area contributed by atoms with E-state index in [4.69, 9.17) is 9.47 Å². The molecule has 38 heavy (non-hydrogen) atoms. The molecule has 0 saturated heterocycles. The molecule has 1 atom stereocenters. The molecule has 0 aliphatic rings. The van der Waals surface area contributed by atoms with Gasteiger partial charge in [0, 0.05) is 18.1 Å². The molecule has 194 valence electrons. The van der Waals surface area contributed by atoms with Gasteiger partial charge < -0.3 is 14.0 Å². The van der Waals surface area contributed by atoms with Crippen LogP contribution in [-0.4, -0.2) is 26.8 Å². The predicted octanol–water partition coefficient (Wildman–Crippen LogP) is 6.01. The Morgan fingerprint density at radius 2 is 1.61 bits per heavy atom. The number of carbonyl (C=O) groups excluding carboxylic acids is 1. The summed E-state index contributed by atoms with van der Waals surface area (Å²) in [4.78, 5) is 23.8. The minimum atomic E-state index is -2.74. The second-order valence-corrected chi connectivity index (χ2v) is 9.13. The Hall–Kier alpha value is -4.54. The van der Waals surface area contributed by atoms with Gasteiger partial charge in [0.1, 0.15) is 11.5 Å². The van der Waals surface area contributed by atoms with Crippen molar-refractivity contribution >= 4 is 34.3 Å². The lowest BCUT2D eigenvalue weighted by atomic mass is 10.0. The number of hydrogen-bond donors (Lipinski definition) is 0. The number of hydrogen-bond acceptors (Lipinski definition) is 7. The summed E-state index contributed by atoms with van der Waals surface area (Å²) in [6.07, 6.45) is 0.321. The lowest BCUT2D eigenvalue weighted by Gasteiger charge is -2.28. The normalized spacial score (nSPS) is 11.4. The van der Waals surface area contributed by atoms with Gasteiger partial charge >= 0.3 is 5.97 Å². The largest absolute Gasteiger partial charge is 0.755 e. The van der Waals surface area contributed by atoms with Gasteiger partial charge in [-0.3, -0.25) is 18.6 Å². The van der Waals surface area contributed by atoms with Crippen LogP contribution in [0.15, 0.2) is 91.0 Å². The zero-order valence-electron chi connectivity index (χ0n) is 20.5. The van der Waals surface area contributed by atoms with E-state index in [9.17, 15) is 23.7 Å². The van der Waals surface area contributed by atoms with Crippen molar-refractivity contribution in [2.45, 2.75) is 13.3 Å². The van der Waals surface area contributed by atoms with Gasteiger partial charge in [-0.25, -0.2) is 4.79 Å². The first-order chi connectivity index (χ1) is 18.3. The summed E-state index contributed by atoms with van der Waals surface area (Å²) in [5, 5.41) is 11.6. The van der Waals surface area contributed by atoms with Crippen molar-refractivity contribution in [1.82, 2.24) is 0 Å². The van der Waals surface area contributed by atoms with Gasteiger partial charge in [-0.1, -0.05) is 48.0 Å². The van der Waals surface area contributed by atoms with Gasteiger partial charge in [0.05, 0.1) is 40.2 Å². The van der Waals surface area contributed by atoms with Crippen molar-refractivity contribution < 1.29 is 28.0 Å². The summed E-state index contributed by atoms with van der Waals surface area (Å²) in [7, 11) is 1.19. The summed E-state index contributed by atoms with van der Waals surface area (Å²) in [5.41, 5.74) is 2.62. The number of nitro benzene ring substituents is 1. The van der Waals surface area contributed by atoms with Gasteiger partial charge in [0.25, 0.3) is 5.69 Å². The fourth-order valence-corrected chi connectivity index (χ4v) is 4.53. The first-order valence-electron chi connectivity index (χ1n) is 11.4. The van der Waals surface area contributed by atoms with Gasteiger partial charge in [-0.15, -0.1) is 0 Å². The van der Waals surface area contributed by atoms with E-state index >= 15 is 0 Å². The van der Waals surface area contributed by atoms with Crippen molar-refractivity contribution in [3.63, 3.8) is 0 Å². The summed E-state index contributed by atoms with van der Waals surface area (Å²) in [6.45, 7) is 1.87. The molecule has 9 nitrogen and oxygen atoms in total. The first-order valence-corrected chi connectivity index (χ1v) is 12.5. The molecule has 0 N–H and O–H groups in total. The lowest BCUT2D eigenvalue weighted by molar-refractivity contribution is -0.385. The maximum atomic E-state index is 12.6. The van der Waals surface area contributed by atoms with Gasteiger partial charge in [0.15, 0.2) is 0 Å². The SMILES string of the molecule is COC(=O)c1cc(Oc2ccc([N+](=O)[O-])c(Cc3ccccc3)c2)ccc1N(c1ccc(C)cc1)S(=O)[O-]. The molecular formula is C28H23N2O7S-. The summed E-state index contributed by atoms with van der Waals surface area (Å²) in [6, 6.07) is 24.8. The number of rotatable bonds is 9. The maximum Gasteiger partial charge on any atom is 0.340 e. The summed E-state index contributed by atoms with van der Waals surface area (Å²) < 4.78 is 36.2. The van der Waals surface area contributed by atoms with Crippen LogP contribution in [0.2, 0.25) is 0 Å². The van der Waals surface area contributed by atoms with Crippen LogP contribution >= 0.6 is 0 Å². The number of methoxy groups -OCH3 is 1. The third-order valence-corrected chi connectivity index (χ3v) is 6.44.